The maximum Gasteiger partial charge on any atom is 0.327 e. The van der Waals surface area contributed by atoms with Gasteiger partial charge < -0.3 is 42.1 Å². The molecule has 0 fully saturated rings. The van der Waals surface area contributed by atoms with Crippen molar-refractivity contribution in [1.82, 2.24) is 21.3 Å². The molecule has 0 saturated carbocycles. The zero-order chi connectivity index (χ0) is 39.0. The van der Waals surface area contributed by atoms with Gasteiger partial charge in [0, 0.05) is 24.3 Å². The SMILES string of the molecule is Cc1ccc(NC(=C[N+](=O)[O-])Nc2ccc(CC(=O)NC(CC(C)C)C(=O)NC(CNCCC(NC(=O)CC(C)(C)C)C(=O)O)C(=O)O)cc2)cc1. The number of nitrogens with one attached hydrogen (secondary N) is 6. The van der Waals surface area contributed by atoms with Crippen LogP contribution in [0.15, 0.2) is 60.6 Å². The van der Waals surface area contributed by atoms with Crippen LogP contribution < -0.4 is 31.9 Å². The molecule has 52 heavy (non-hydrogen) atoms. The van der Waals surface area contributed by atoms with Crippen molar-refractivity contribution in [2.45, 2.75) is 85.4 Å². The fraction of sp³-hybridized carbons (Fsp3) is 0.472. The van der Waals surface area contributed by atoms with Crippen LogP contribution in [0.4, 0.5) is 11.4 Å². The summed E-state index contributed by atoms with van der Waals surface area (Å²) in [7, 11) is 0. The lowest BCUT2D eigenvalue weighted by molar-refractivity contribution is -0.403. The van der Waals surface area contributed by atoms with Gasteiger partial charge in [-0.15, -0.1) is 0 Å². The Morgan fingerprint density at radius 3 is 1.85 bits per heavy atom. The fourth-order valence-electron chi connectivity index (χ4n) is 4.94. The minimum atomic E-state index is -1.38. The number of hydrogen-bond donors (Lipinski definition) is 8. The molecule has 3 atom stereocenters. The summed E-state index contributed by atoms with van der Waals surface area (Å²) in [5.74, 6) is -4.04. The Bertz CT molecular complexity index is 1570. The number of benzene rings is 2. The van der Waals surface area contributed by atoms with Crippen LogP contribution in [0.1, 0.15) is 65.0 Å². The van der Waals surface area contributed by atoms with Crippen molar-refractivity contribution in [2.75, 3.05) is 23.7 Å². The first-order valence-corrected chi connectivity index (χ1v) is 16.9. The van der Waals surface area contributed by atoms with Gasteiger partial charge in [-0.05, 0) is 67.5 Å². The largest absolute Gasteiger partial charge is 0.480 e. The van der Waals surface area contributed by atoms with Crippen molar-refractivity contribution in [1.29, 1.82) is 0 Å². The molecule has 0 saturated heterocycles. The van der Waals surface area contributed by atoms with Crippen LogP contribution in [-0.2, 0) is 30.4 Å². The van der Waals surface area contributed by atoms with Crippen molar-refractivity contribution in [2.24, 2.45) is 11.3 Å². The number of rotatable bonds is 21. The summed E-state index contributed by atoms with van der Waals surface area (Å²) in [6.07, 6.45) is 1.05. The first-order chi connectivity index (χ1) is 24.3. The lowest BCUT2D eigenvalue weighted by Crippen LogP contribution is -2.55. The molecule has 2 aromatic carbocycles. The van der Waals surface area contributed by atoms with E-state index in [1.807, 2.05) is 53.7 Å². The van der Waals surface area contributed by atoms with E-state index in [4.69, 9.17) is 0 Å². The van der Waals surface area contributed by atoms with Crippen molar-refractivity contribution >= 4 is 41.0 Å². The third-order valence-electron chi connectivity index (χ3n) is 7.42. The highest BCUT2D eigenvalue weighted by atomic mass is 16.6. The van der Waals surface area contributed by atoms with E-state index in [0.717, 1.165) is 11.8 Å². The summed E-state index contributed by atoms with van der Waals surface area (Å²) in [6.45, 7) is 11.0. The van der Waals surface area contributed by atoms with Crippen LogP contribution in [0.25, 0.3) is 0 Å². The standard InChI is InChI=1S/C36H51N7O9/c1-22(2)17-28(33(46)42-29(35(49)50)20-37-16-15-27(34(47)48)40-32(45)19-36(4,5)6)41-31(44)18-24-9-13-26(14-10-24)39-30(21-43(51)52)38-25-11-7-23(3)8-12-25/h7-14,21-22,27-29,37-39H,15-20H2,1-6H3,(H,40,45)(H,41,44)(H,42,46)(H,47,48)(H,49,50). The lowest BCUT2D eigenvalue weighted by Gasteiger charge is -2.23. The van der Waals surface area contributed by atoms with Gasteiger partial charge in [-0.3, -0.25) is 24.5 Å². The van der Waals surface area contributed by atoms with Crippen molar-refractivity contribution in [3.8, 4) is 0 Å². The molecule has 16 nitrogen and oxygen atoms in total. The molecular weight excluding hydrogens is 674 g/mol. The van der Waals surface area contributed by atoms with Crippen LogP contribution in [0, 0.1) is 28.4 Å². The van der Waals surface area contributed by atoms with Gasteiger partial charge in [0.05, 0.1) is 11.3 Å². The topological polar surface area (TPSA) is 241 Å². The Labute approximate surface area is 303 Å². The third kappa shape index (κ3) is 16.9. The molecule has 2 aromatic rings. The van der Waals surface area contributed by atoms with Crippen LogP contribution in [0.2, 0.25) is 0 Å². The average Bonchev–Trinajstić information content (AvgIpc) is 3.01. The molecular formula is C36H51N7O9. The van der Waals surface area contributed by atoms with Gasteiger partial charge in [0.2, 0.25) is 17.7 Å². The zero-order valence-electron chi connectivity index (χ0n) is 30.4. The van der Waals surface area contributed by atoms with E-state index in [1.54, 1.807) is 36.4 Å². The number of nitro groups is 1. The second-order valence-corrected chi connectivity index (χ2v) is 14.2. The van der Waals surface area contributed by atoms with Crippen LogP contribution >= 0.6 is 0 Å². The number of hydrogen-bond acceptors (Lipinski definition) is 10. The predicted octanol–water partition coefficient (Wildman–Crippen LogP) is 3.22. The molecule has 2 rings (SSSR count). The first kappa shape index (κ1) is 42.7. The molecule has 8 N–H and O–H groups in total. The number of amides is 3. The van der Waals surface area contributed by atoms with E-state index in [9.17, 15) is 44.3 Å². The van der Waals surface area contributed by atoms with Gasteiger partial charge in [-0.25, -0.2) is 9.59 Å². The molecule has 284 valence electrons. The quantitative estimate of drug-likeness (QED) is 0.0526. The second-order valence-electron chi connectivity index (χ2n) is 14.2. The Kier molecular flexibility index (Phi) is 16.7. The normalized spacial score (nSPS) is 13.3. The van der Waals surface area contributed by atoms with E-state index in [0.29, 0.717) is 16.9 Å². The summed E-state index contributed by atoms with van der Waals surface area (Å²) in [6, 6.07) is 10.3. The highest BCUT2D eigenvalue weighted by Crippen LogP contribution is 2.18. The van der Waals surface area contributed by atoms with Crippen LogP contribution in [0.3, 0.4) is 0 Å². The minimum absolute atomic E-state index is 0.0182. The van der Waals surface area contributed by atoms with E-state index in [2.05, 4.69) is 31.9 Å². The van der Waals surface area contributed by atoms with Gasteiger partial charge >= 0.3 is 11.9 Å². The van der Waals surface area contributed by atoms with Gasteiger partial charge in [-0.1, -0.05) is 64.4 Å². The number of carbonyl (C=O) groups excluding carboxylic acids is 3. The van der Waals surface area contributed by atoms with Gasteiger partial charge in [0.25, 0.3) is 6.20 Å². The summed E-state index contributed by atoms with van der Waals surface area (Å²) in [5.41, 5.74) is 2.47. The number of nitrogens with zero attached hydrogens (tertiary/aromatic N) is 1. The second kappa shape index (κ2) is 20.4. The Balaban J connectivity index is 1.97. The van der Waals surface area contributed by atoms with Crippen molar-refractivity contribution < 1.29 is 39.1 Å². The smallest absolute Gasteiger partial charge is 0.327 e. The molecule has 0 heterocycles. The zero-order valence-corrected chi connectivity index (χ0v) is 30.4. The lowest BCUT2D eigenvalue weighted by atomic mass is 9.92. The van der Waals surface area contributed by atoms with Gasteiger partial charge in [-0.2, -0.15) is 0 Å². The Morgan fingerprint density at radius 1 is 0.808 bits per heavy atom. The van der Waals surface area contributed by atoms with Crippen LogP contribution in [0.5, 0.6) is 0 Å². The summed E-state index contributed by atoms with van der Waals surface area (Å²) >= 11 is 0. The van der Waals surface area contributed by atoms with Crippen molar-refractivity contribution in [3.05, 3.63) is 81.8 Å². The minimum Gasteiger partial charge on any atom is -0.480 e. The number of aryl methyl sites for hydroxylation is 1. The molecule has 16 heteroatoms. The first-order valence-electron chi connectivity index (χ1n) is 16.9. The molecule has 3 amide bonds. The molecule has 0 spiro atoms. The van der Waals surface area contributed by atoms with Crippen molar-refractivity contribution in [3.63, 3.8) is 0 Å². The summed E-state index contributed by atoms with van der Waals surface area (Å²) in [4.78, 5) is 72.6. The Hall–Kier alpha value is -5.51. The number of carboxylic acids is 2. The third-order valence-corrected chi connectivity index (χ3v) is 7.42. The molecule has 0 radical (unpaired) electrons. The van der Waals surface area contributed by atoms with Crippen LogP contribution in [-0.4, -0.2) is 76.0 Å². The number of carboxylic acid groups (broad SMARTS) is 2. The average molecular weight is 726 g/mol. The summed E-state index contributed by atoms with van der Waals surface area (Å²) in [5, 5.41) is 46.8. The van der Waals surface area contributed by atoms with Gasteiger partial charge in [0.1, 0.15) is 18.1 Å². The van der Waals surface area contributed by atoms with Gasteiger partial charge in [0.15, 0.2) is 5.82 Å². The predicted molar refractivity (Wildman–Crippen MR) is 196 cm³/mol. The fourth-order valence-corrected chi connectivity index (χ4v) is 4.94. The maximum atomic E-state index is 13.2. The summed E-state index contributed by atoms with van der Waals surface area (Å²) < 4.78 is 0. The monoisotopic (exact) mass is 725 g/mol. The van der Waals surface area contributed by atoms with E-state index < -0.39 is 52.7 Å². The maximum absolute atomic E-state index is 13.2. The molecule has 3 unspecified atom stereocenters. The van der Waals surface area contributed by atoms with E-state index >= 15 is 0 Å². The molecule has 0 aliphatic carbocycles. The molecule has 0 aromatic heterocycles. The Morgan fingerprint density at radius 2 is 1.35 bits per heavy atom. The molecule has 0 aliphatic heterocycles. The molecule has 0 aliphatic rings. The molecule has 0 bridgehead atoms. The highest BCUT2D eigenvalue weighted by molar-refractivity contribution is 5.91. The van der Waals surface area contributed by atoms with E-state index in [1.165, 1.54) is 0 Å². The number of aliphatic carboxylic acids is 2. The highest BCUT2D eigenvalue weighted by Gasteiger charge is 2.28. The number of anilines is 2. The number of carbonyl (C=O) groups is 5. The van der Waals surface area contributed by atoms with E-state index in [-0.39, 0.29) is 55.9 Å².